The third-order valence-corrected chi connectivity index (χ3v) is 5.45. The van der Waals surface area contributed by atoms with Crippen LogP contribution < -0.4 is 15.4 Å². The van der Waals surface area contributed by atoms with Crippen molar-refractivity contribution in [1.82, 2.24) is 10.2 Å². The molecule has 1 aliphatic heterocycles. The Hall–Kier alpha value is -2.15. The number of ether oxygens (including phenoxy) is 2. The summed E-state index contributed by atoms with van der Waals surface area (Å²) in [5, 5.41) is 7.33. The highest BCUT2D eigenvalue weighted by Gasteiger charge is 2.23. The van der Waals surface area contributed by atoms with E-state index >= 15 is 0 Å². The molecule has 1 heterocycles. The minimum atomic E-state index is 0.217. The molecule has 0 spiro atoms. The number of nitrogens with zero attached hydrogens (tertiary/aromatic N) is 1. The van der Waals surface area contributed by atoms with Crippen molar-refractivity contribution in [3.63, 3.8) is 0 Å². The molecule has 6 heteroatoms. The molecule has 1 saturated heterocycles. The van der Waals surface area contributed by atoms with E-state index < -0.39 is 0 Å². The summed E-state index contributed by atoms with van der Waals surface area (Å²) < 4.78 is 10.8. The van der Waals surface area contributed by atoms with Gasteiger partial charge in [0.25, 0.3) is 0 Å². The normalized spacial score (nSPS) is 15.7. The monoisotopic (exact) mass is 399 g/mol. The number of anilines is 1. The highest BCUT2D eigenvalue weighted by molar-refractivity contribution is 7.80. The van der Waals surface area contributed by atoms with E-state index in [-0.39, 0.29) is 6.04 Å². The van der Waals surface area contributed by atoms with Crippen molar-refractivity contribution in [3.8, 4) is 5.75 Å². The van der Waals surface area contributed by atoms with Crippen molar-refractivity contribution in [1.29, 1.82) is 0 Å². The van der Waals surface area contributed by atoms with Gasteiger partial charge in [0.2, 0.25) is 0 Å². The van der Waals surface area contributed by atoms with Crippen LogP contribution in [0.2, 0.25) is 0 Å². The fourth-order valence-electron chi connectivity index (χ4n) is 3.36. The van der Waals surface area contributed by atoms with Crippen LogP contribution in [-0.4, -0.2) is 50.0 Å². The van der Waals surface area contributed by atoms with Crippen LogP contribution in [0.3, 0.4) is 0 Å². The topological polar surface area (TPSA) is 45.8 Å². The van der Waals surface area contributed by atoms with Gasteiger partial charge in [0.15, 0.2) is 5.11 Å². The van der Waals surface area contributed by atoms with Gasteiger partial charge in [-0.1, -0.05) is 18.2 Å². The molecule has 2 N–H and O–H groups in total. The van der Waals surface area contributed by atoms with Crippen LogP contribution in [0.1, 0.15) is 22.7 Å². The molecule has 2 aromatic carbocycles. The van der Waals surface area contributed by atoms with E-state index in [2.05, 4.69) is 59.7 Å². The number of rotatable bonds is 6. The molecule has 0 aromatic heterocycles. The molecule has 0 aliphatic carbocycles. The molecular formula is C22H29N3O2S. The summed E-state index contributed by atoms with van der Waals surface area (Å²) >= 11 is 5.54. The van der Waals surface area contributed by atoms with E-state index in [9.17, 15) is 0 Å². The second kappa shape index (κ2) is 9.87. The Morgan fingerprint density at radius 2 is 1.82 bits per heavy atom. The van der Waals surface area contributed by atoms with Crippen molar-refractivity contribution >= 4 is 23.0 Å². The Kier molecular flexibility index (Phi) is 7.25. The summed E-state index contributed by atoms with van der Waals surface area (Å²) in [6.45, 7) is 8.29. The first kappa shape index (κ1) is 20.6. The minimum absolute atomic E-state index is 0.217. The molecule has 0 saturated carbocycles. The van der Waals surface area contributed by atoms with Crippen molar-refractivity contribution < 1.29 is 9.47 Å². The van der Waals surface area contributed by atoms with E-state index in [1.165, 1.54) is 16.7 Å². The number of thiocarbonyl (C=S) groups is 1. The van der Waals surface area contributed by atoms with Crippen LogP contribution in [0.5, 0.6) is 5.75 Å². The second-order valence-electron chi connectivity index (χ2n) is 7.07. The minimum Gasteiger partial charge on any atom is -0.497 e. The summed E-state index contributed by atoms with van der Waals surface area (Å²) in [6.07, 6.45) is 0. The maximum atomic E-state index is 5.54. The van der Waals surface area contributed by atoms with Gasteiger partial charge < -0.3 is 20.1 Å². The zero-order valence-electron chi connectivity index (χ0n) is 16.8. The van der Waals surface area contributed by atoms with Crippen molar-refractivity contribution in [3.05, 3.63) is 59.2 Å². The molecule has 0 bridgehead atoms. The number of aryl methyl sites for hydroxylation is 2. The van der Waals surface area contributed by atoms with Gasteiger partial charge in [0, 0.05) is 25.3 Å². The number of nitrogens with one attached hydrogen (secondary N) is 2. The van der Waals surface area contributed by atoms with Gasteiger partial charge in [-0.15, -0.1) is 0 Å². The lowest BCUT2D eigenvalue weighted by molar-refractivity contribution is 0.0170. The third kappa shape index (κ3) is 5.44. The molecule has 0 unspecified atom stereocenters. The molecule has 3 rings (SSSR count). The molecule has 1 fully saturated rings. The molecule has 2 aromatic rings. The molecule has 0 amide bonds. The van der Waals surface area contributed by atoms with Gasteiger partial charge in [-0.05, 0) is 67.0 Å². The summed E-state index contributed by atoms with van der Waals surface area (Å²) in [5.74, 6) is 0.865. The Morgan fingerprint density at radius 1 is 1.11 bits per heavy atom. The number of morpholine rings is 1. The third-order valence-electron chi connectivity index (χ3n) is 5.21. The maximum Gasteiger partial charge on any atom is 0.170 e. The van der Waals surface area contributed by atoms with E-state index in [1.807, 2.05) is 12.1 Å². The predicted octanol–water partition coefficient (Wildman–Crippen LogP) is 3.67. The van der Waals surface area contributed by atoms with Crippen molar-refractivity contribution in [2.24, 2.45) is 0 Å². The largest absolute Gasteiger partial charge is 0.497 e. The first-order valence-corrected chi connectivity index (χ1v) is 10.1. The predicted molar refractivity (Wildman–Crippen MR) is 118 cm³/mol. The smallest absolute Gasteiger partial charge is 0.170 e. The molecule has 1 atom stereocenters. The average molecular weight is 400 g/mol. The summed E-state index contributed by atoms with van der Waals surface area (Å²) in [7, 11) is 1.69. The van der Waals surface area contributed by atoms with Crippen LogP contribution in [0, 0.1) is 13.8 Å². The maximum absolute atomic E-state index is 5.54. The van der Waals surface area contributed by atoms with Crippen LogP contribution in [0.25, 0.3) is 0 Å². The fourth-order valence-corrected chi connectivity index (χ4v) is 3.56. The van der Waals surface area contributed by atoms with Crippen molar-refractivity contribution in [2.45, 2.75) is 19.9 Å². The number of benzene rings is 2. The summed E-state index contributed by atoms with van der Waals surface area (Å²) in [5.41, 5.74) is 4.77. The lowest BCUT2D eigenvalue weighted by Gasteiger charge is -2.35. The Morgan fingerprint density at radius 3 is 2.46 bits per heavy atom. The van der Waals surface area contributed by atoms with Gasteiger partial charge in [-0.2, -0.15) is 0 Å². The molecule has 28 heavy (non-hydrogen) atoms. The van der Waals surface area contributed by atoms with E-state index in [1.54, 1.807) is 7.11 Å². The number of methoxy groups -OCH3 is 1. The van der Waals surface area contributed by atoms with E-state index in [4.69, 9.17) is 21.7 Å². The molecule has 1 aliphatic rings. The highest BCUT2D eigenvalue weighted by atomic mass is 32.1. The van der Waals surface area contributed by atoms with Gasteiger partial charge in [-0.3, -0.25) is 4.90 Å². The highest BCUT2D eigenvalue weighted by Crippen LogP contribution is 2.24. The zero-order valence-corrected chi connectivity index (χ0v) is 17.6. The zero-order chi connectivity index (χ0) is 19.9. The van der Waals surface area contributed by atoms with Crippen LogP contribution >= 0.6 is 12.2 Å². The quantitative estimate of drug-likeness (QED) is 0.723. The standard InChI is InChI=1S/C22H29N3O2S/c1-16-4-7-19(14-17(16)2)24-22(28)23-15-21(25-10-12-27-13-11-25)18-5-8-20(26-3)9-6-18/h4-9,14,21H,10-13,15H2,1-3H3,(H2,23,24,28)/t21-/m1/s1. The number of hydrogen-bond donors (Lipinski definition) is 2. The van der Waals surface area contributed by atoms with Gasteiger partial charge in [0.05, 0.1) is 26.4 Å². The first-order valence-electron chi connectivity index (χ1n) is 9.64. The summed E-state index contributed by atoms with van der Waals surface area (Å²) in [4.78, 5) is 2.44. The van der Waals surface area contributed by atoms with E-state index in [0.717, 1.165) is 44.3 Å². The number of hydrogen-bond acceptors (Lipinski definition) is 4. The molecule has 150 valence electrons. The Balaban J connectivity index is 1.66. The fraction of sp³-hybridized carbons (Fsp3) is 0.409. The SMILES string of the molecule is COc1ccc([C@@H](CNC(=S)Nc2ccc(C)c(C)c2)N2CCOCC2)cc1. The van der Waals surface area contributed by atoms with E-state index in [0.29, 0.717) is 5.11 Å². The lowest BCUT2D eigenvalue weighted by Crippen LogP contribution is -2.44. The lowest BCUT2D eigenvalue weighted by atomic mass is 10.0. The molecule has 0 radical (unpaired) electrons. The first-order chi connectivity index (χ1) is 13.6. The van der Waals surface area contributed by atoms with Gasteiger partial charge in [-0.25, -0.2) is 0 Å². The summed E-state index contributed by atoms with van der Waals surface area (Å²) in [6, 6.07) is 14.8. The Labute approximate surface area is 173 Å². The van der Waals surface area contributed by atoms with Gasteiger partial charge >= 0.3 is 0 Å². The average Bonchev–Trinajstić information content (AvgIpc) is 2.72. The second-order valence-corrected chi connectivity index (χ2v) is 7.48. The van der Waals surface area contributed by atoms with Crippen LogP contribution in [0.4, 0.5) is 5.69 Å². The van der Waals surface area contributed by atoms with Crippen LogP contribution in [0.15, 0.2) is 42.5 Å². The van der Waals surface area contributed by atoms with Crippen molar-refractivity contribution in [2.75, 3.05) is 45.3 Å². The molecule has 5 nitrogen and oxygen atoms in total. The molecular weight excluding hydrogens is 370 g/mol. The van der Waals surface area contributed by atoms with Crippen LogP contribution in [-0.2, 0) is 4.74 Å². The Bertz CT molecular complexity index is 789. The van der Waals surface area contributed by atoms with Gasteiger partial charge in [0.1, 0.15) is 5.75 Å².